The van der Waals surface area contributed by atoms with Gasteiger partial charge in [0.1, 0.15) is 6.04 Å². The number of benzene rings is 1. The number of thioether (sulfide) groups is 1. The predicted molar refractivity (Wildman–Crippen MR) is 86.2 cm³/mol. The summed E-state index contributed by atoms with van der Waals surface area (Å²) in [6, 6.07) is 4.12. The molecule has 2 N–H and O–H groups in total. The number of halogens is 2. The lowest BCUT2D eigenvalue weighted by molar-refractivity contribution is -0.141. The first-order chi connectivity index (χ1) is 9.79. The third-order valence-corrected chi connectivity index (χ3v) is 4.32. The lowest BCUT2D eigenvalue weighted by Gasteiger charge is -2.16. The van der Waals surface area contributed by atoms with E-state index in [4.69, 9.17) is 28.3 Å². The van der Waals surface area contributed by atoms with Crippen molar-refractivity contribution in [3.63, 3.8) is 0 Å². The molecule has 0 unspecified atom stereocenters. The molecule has 1 amide bonds. The van der Waals surface area contributed by atoms with Crippen LogP contribution >= 0.6 is 35.0 Å². The lowest BCUT2D eigenvalue weighted by Crippen LogP contribution is -2.42. The van der Waals surface area contributed by atoms with Crippen molar-refractivity contribution in [2.24, 2.45) is 5.92 Å². The van der Waals surface area contributed by atoms with Crippen molar-refractivity contribution in [1.82, 2.24) is 5.32 Å². The number of carbonyl (C=O) groups is 2. The molecule has 0 saturated carbocycles. The maximum atomic E-state index is 11.8. The molecule has 0 spiro atoms. The molecule has 1 rings (SSSR count). The van der Waals surface area contributed by atoms with Gasteiger partial charge in [0.15, 0.2) is 0 Å². The SMILES string of the molecule is CC(C)C[C@H](NC(=O)CSc1cc(Cl)ccc1Cl)C(=O)O. The number of amides is 1. The number of nitrogens with one attached hydrogen (secondary N) is 1. The van der Waals surface area contributed by atoms with E-state index in [-0.39, 0.29) is 17.6 Å². The third kappa shape index (κ3) is 6.59. The van der Waals surface area contributed by atoms with Gasteiger partial charge in [-0.3, -0.25) is 4.79 Å². The Labute approximate surface area is 138 Å². The zero-order chi connectivity index (χ0) is 16.0. The summed E-state index contributed by atoms with van der Waals surface area (Å²) >= 11 is 13.1. The topological polar surface area (TPSA) is 66.4 Å². The first kappa shape index (κ1) is 18.1. The molecular weight excluding hydrogens is 333 g/mol. The van der Waals surface area contributed by atoms with Gasteiger partial charge < -0.3 is 10.4 Å². The fourth-order valence-corrected chi connectivity index (χ4v) is 2.96. The molecular formula is C14H17Cl2NO3S. The normalized spacial score (nSPS) is 12.2. The zero-order valence-corrected chi connectivity index (χ0v) is 14.1. The van der Waals surface area contributed by atoms with Gasteiger partial charge >= 0.3 is 5.97 Å². The molecule has 1 atom stereocenters. The van der Waals surface area contributed by atoms with Crippen LogP contribution < -0.4 is 5.32 Å². The van der Waals surface area contributed by atoms with Crippen LogP contribution in [0.4, 0.5) is 0 Å². The first-order valence-electron chi connectivity index (χ1n) is 6.39. The minimum absolute atomic E-state index is 0.0853. The van der Waals surface area contributed by atoms with Gasteiger partial charge in [-0.15, -0.1) is 11.8 Å². The number of carbonyl (C=O) groups excluding carboxylic acids is 1. The molecule has 4 nitrogen and oxygen atoms in total. The maximum absolute atomic E-state index is 11.8. The molecule has 0 bridgehead atoms. The van der Waals surface area contributed by atoms with Crippen LogP contribution in [0.5, 0.6) is 0 Å². The van der Waals surface area contributed by atoms with E-state index in [1.807, 2.05) is 13.8 Å². The Hall–Kier alpha value is -0.910. The molecule has 0 aliphatic carbocycles. The largest absolute Gasteiger partial charge is 0.480 e. The summed E-state index contributed by atoms with van der Waals surface area (Å²) in [5, 5.41) is 12.6. The van der Waals surface area contributed by atoms with Crippen LogP contribution in [0.25, 0.3) is 0 Å². The zero-order valence-electron chi connectivity index (χ0n) is 11.7. The highest BCUT2D eigenvalue weighted by atomic mass is 35.5. The number of rotatable bonds is 7. The van der Waals surface area contributed by atoms with Crippen molar-refractivity contribution in [3.05, 3.63) is 28.2 Å². The molecule has 116 valence electrons. The maximum Gasteiger partial charge on any atom is 0.326 e. The second-order valence-corrected chi connectivity index (χ2v) is 6.81. The second kappa shape index (κ2) is 8.51. The quantitative estimate of drug-likeness (QED) is 0.736. The standard InChI is InChI=1S/C14H17Cl2NO3S/c1-8(2)5-11(14(19)20)17-13(18)7-21-12-6-9(15)3-4-10(12)16/h3-4,6,8,11H,5,7H2,1-2H3,(H,17,18)(H,19,20)/t11-/m0/s1. The molecule has 0 saturated heterocycles. The van der Waals surface area contributed by atoms with E-state index in [2.05, 4.69) is 5.32 Å². The van der Waals surface area contributed by atoms with Crippen LogP contribution in [0, 0.1) is 5.92 Å². The Kier molecular flexibility index (Phi) is 7.35. The van der Waals surface area contributed by atoms with Crippen molar-refractivity contribution in [2.75, 3.05) is 5.75 Å². The van der Waals surface area contributed by atoms with Gasteiger partial charge in [0.05, 0.1) is 10.8 Å². The minimum Gasteiger partial charge on any atom is -0.480 e. The van der Waals surface area contributed by atoms with Crippen LogP contribution in [0.2, 0.25) is 10.0 Å². The molecule has 7 heteroatoms. The number of carboxylic acid groups (broad SMARTS) is 1. The van der Waals surface area contributed by atoms with Crippen molar-refractivity contribution in [1.29, 1.82) is 0 Å². The fraction of sp³-hybridized carbons (Fsp3) is 0.429. The molecule has 0 fully saturated rings. The summed E-state index contributed by atoms with van der Waals surface area (Å²) in [5.41, 5.74) is 0. The molecule has 0 heterocycles. The van der Waals surface area contributed by atoms with E-state index in [0.29, 0.717) is 21.4 Å². The Morgan fingerprint density at radius 1 is 1.33 bits per heavy atom. The summed E-state index contributed by atoms with van der Waals surface area (Å²) in [7, 11) is 0. The Morgan fingerprint density at radius 3 is 2.57 bits per heavy atom. The second-order valence-electron chi connectivity index (χ2n) is 4.95. The third-order valence-electron chi connectivity index (χ3n) is 2.59. The summed E-state index contributed by atoms with van der Waals surface area (Å²) < 4.78 is 0. The summed E-state index contributed by atoms with van der Waals surface area (Å²) in [5.74, 6) is -1.10. The highest BCUT2D eigenvalue weighted by Crippen LogP contribution is 2.29. The monoisotopic (exact) mass is 349 g/mol. The Bertz CT molecular complexity index is 523. The van der Waals surface area contributed by atoms with Crippen LogP contribution in [0.1, 0.15) is 20.3 Å². The first-order valence-corrected chi connectivity index (χ1v) is 8.13. The van der Waals surface area contributed by atoms with Gasteiger partial charge in [0.25, 0.3) is 0 Å². The number of hydrogen-bond donors (Lipinski definition) is 2. The van der Waals surface area contributed by atoms with Gasteiger partial charge in [0.2, 0.25) is 5.91 Å². The van der Waals surface area contributed by atoms with Crippen LogP contribution in [0.15, 0.2) is 23.1 Å². The Morgan fingerprint density at radius 2 is 2.00 bits per heavy atom. The average Bonchev–Trinajstić information content (AvgIpc) is 2.38. The van der Waals surface area contributed by atoms with E-state index in [1.165, 1.54) is 11.8 Å². The van der Waals surface area contributed by atoms with E-state index in [0.717, 1.165) is 0 Å². The Balaban J connectivity index is 2.56. The summed E-state index contributed by atoms with van der Waals surface area (Å²) in [6.45, 7) is 3.81. The van der Waals surface area contributed by atoms with E-state index < -0.39 is 12.0 Å². The van der Waals surface area contributed by atoms with Crippen molar-refractivity contribution in [2.45, 2.75) is 31.2 Å². The van der Waals surface area contributed by atoms with Crippen molar-refractivity contribution in [3.8, 4) is 0 Å². The molecule has 0 aromatic heterocycles. The van der Waals surface area contributed by atoms with Crippen LogP contribution in [-0.4, -0.2) is 28.8 Å². The van der Waals surface area contributed by atoms with Gasteiger partial charge in [-0.25, -0.2) is 4.79 Å². The van der Waals surface area contributed by atoms with E-state index in [9.17, 15) is 9.59 Å². The van der Waals surface area contributed by atoms with Crippen molar-refractivity contribution < 1.29 is 14.7 Å². The number of hydrogen-bond acceptors (Lipinski definition) is 3. The average molecular weight is 350 g/mol. The van der Waals surface area contributed by atoms with Gasteiger partial charge in [-0.2, -0.15) is 0 Å². The molecule has 0 radical (unpaired) electrons. The summed E-state index contributed by atoms with van der Waals surface area (Å²) in [6.07, 6.45) is 0.393. The highest BCUT2D eigenvalue weighted by molar-refractivity contribution is 8.00. The lowest BCUT2D eigenvalue weighted by atomic mass is 10.0. The predicted octanol–water partition coefficient (Wildman–Crippen LogP) is 3.70. The fourth-order valence-electron chi connectivity index (χ4n) is 1.66. The number of carboxylic acids is 1. The minimum atomic E-state index is -1.03. The molecule has 0 aliphatic rings. The van der Waals surface area contributed by atoms with E-state index >= 15 is 0 Å². The summed E-state index contributed by atoms with van der Waals surface area (Å²) in [4.78, 5) is 23.6. The molecule has 1 aromatic rings. The molecule has 1 aromatic carbocycles. The van der Waals surface area contributed by atoms with Crippen LogP contribution in [-0.2, 0) is 9.59 Å². The highest BCUT2D eigenvalue weighted by Gasteiger charge is 2.21. The van der Waals surface area contributed by atoms with E-state index in [1.54, 1.807) is 18.2 Å². The van der Waals surface area contributed by atoms with Crippen molar-refractivity contribution >= 4 is 46.8 Å². The van der Waals surface area contributed by atoms with Gasteiger partial charge in [-0.05, 0) is 30.5 Å². The number of aliphatic carboxylic acids is 1. The van der Waals surface area contributed by atoms with Crippen LogP contribution in [0.3, 0.4) is 0 Å². The van der Waals surface area contributed by atoms with Gasteiger partial charge in [0, 0.05) is 9.92 Å². The smallest absolute Gasteiger partial charge is 0.326 e. The molecule has 21 heavy (non-hydrogen) atoms. The van der Waals surface area contributed by atoms with Gasteiger partial charge in [-0.1, -0.05) is 37.0 Å². The molecule has 0 aliphatic heterocycles.